The smallest absolute Gasteiger partial charge is 0.258 e. The Kier molecular flexibility index (Phi) is 6.50. The maximum Gasteiger partial charge on any atom is 0.258 e. The summed E-state index contributed by atoms with van der Waals surface area (Å²) in [6.07, 6.45) is 7.62. The summed E-state index contributed by atoms with van der Waals surface area (Å²) >= 11 is 2.86. The van der Waals surface area contributed by atoms with Gasteiger partial charge < -0.3 is 11.1 Å². The van der Waals surface area contributed by atoms with E-state index >= 15 is 0 Å². The van der Waals surface area contributed by atoms with Crippen LogP contribution in [0.4, 0.5) is 11.5 Å². The molecule has 2 heterocycles. The number of hydrogen-bond acceptors (Lipinski definition) is 8. The highest BCUT2D eigenvalue weighted by Gasteiger charge is 2.23. The van der Waals surface area contributed by atoms with Crippen molar-refractivity contribution >= 4 is 46.4 Å². The van der Waals surface area contributed by atoms with E-state index in [1.165, 1.54) is 29.2 Å². The molecule has 8 nitrogen and oxygen atoms in total. The van der Waals surface area contributed by atoms with Gasteiger partial charge in [-0.05, 0) is 48.6 Å². The average Bonchev–Trinajstić information content (AvgIpc) is 3.48. The fraction of sp³-hybridized carbons (Fsp3) is 0.238. The Bertz CT molecular complexity index is 1100. The van der Waals surface area contributed by atoms with Gasteiger partial charge in [0.15, 0.2) is 0 Å². The largest absolute Gasteiger partial charge is 0.366 e. The molecule has 0 aliphatic heterocycles. The Hall–Kier alpha value is -2.95. The van der Waals surface area contributed by atoms with E-state index in [9.17, 15) is 14.8 Å². The zero-order valence-electron chi connectivity index (χ0n) is 16.5. The summed E-state index contributed by atoms with van der Waals surface area (Å²) in [5, 5.41) is 12.0. The predicted molar refractivity (Wildman–Crippen MR) is 120 cm³/mol. The fourth-order valence-electron chi connectivity index (χ4n) is 3.72. The van der Waals surface area contributed by atoms with E-state index in [-0.39, 0.29) is 11.7 Å². The van der Waals surface area contributed by atoms with Crippen molar-refractivity contribution < 1.29 is 14.8 Å². The van der Waals surface area contributed by atoms with Crippen LogP contribution in [-0.2, 0) is 0 Å². The highest BCUT2D eigenvalue weighted by Crippen LogP contribution is 2.37. The van der Waals surface area contributed by atoms with Crippen LogP contribution < -0.4 is 16.5 Å². The van der Waals surface area contributed by atoms with Gasteiger partial charge in [0.05, 0.1) is 27.2 Å². The van der Waals surface area contributed by atoms with E-state index in [0.717, 1.165) is 35.5 Å². The molecular weight excluding hydrogens is 434 g/mol. The third-order valence-corrected chi connectivity index (χ3v) is 7.20. The number of pyridine rings is 1. The summed E-state index contributed by atoms with van der Waals surface area (Å²) in [4.78, 5) is 34.2. The number of thiazole rings is 1. The summed E-state index contributed by atoms with van der Waals surface area (Å²) in [6, 6.07) is 6.49. The number of amides is 2. The molecule has 0 spiro atoms. The molecule has 10 heteroatoms. The van der Waals surface area contributed by atoms with Gasteiger partial charge in [0.2, 0.25) is 5.91 Å². The van der Waals surface area contributed by atoms with E-state index in [4.69, 9.17) is 5.73 Å². The van der Waals surface area contributed by atoms with Gasteiger partial charge >= 0.3 is 0 Å². The maximum atomic E-state index is 13.1. The number of carbonyl (C=O) groups is 2. The minimum atomic E-state index is -0.535. The van der Waals surface area contributed by atoms with Gasteiger partial charge in [-0.2, -0.15) is 0 Å². The zero-order valence-corrected chi connectivity index (χ0v) is 18.1. The molecule has 5 N–H and O–H groups in total. The minimum absolute atomic E-state index is 0.247. The van der Waals surface area contributed by atoms with Crippen LogP contribution in [0.1, 0.15) is 57.9 Å². The van der Waals surface area contributed by atoms with Crippen LogP contribution in [0.2, 0.25) is 0 Å². The van der Waals surface area contributed by atoms with E-state index in [2.05, 4.69) is 20.8 Å². The SMILES string of the molecule is NC(=O)c1cc(NC(=O)c2cc(NO)ccc2Sc2cncs2)ncc1C1CCCC1. The first kappa shape index (κ1) is 21.3. The maximum absolute atomic E-state index is 13.1. The van der Waals surface area contributed by atoms with E-state index in [1.807, 2.05) is 0 Å². The van der Waals surface area contributed by atoms with Gasteiger partial charge in [0.1, 0.15) is 5.82 Å². The normalized spacial score (nSPS) is 13.8. The molecule has 3 aromatic rings. The standard InChI is InChI=1S/C21H21N5O3S2/c22-20(27)14-8-18(24-9-16(14)12-3-1-2-4-12)25-21(28)15-7-13(26-29)5-6-17(15)31-19-10-23-11-30-19/h5-12,26,29H,1-4H2,(H2,22,27)(H,24,25,28). The molecule has 0 saturated heterocycles. The first-order valence-corrected chi connectivity index (χ1v) is 11.5. The number of anilines is 2. The summed E-state index contributed by atoms with van der Waals surface area (Å²) in [6.45, 7) is 0. The number of rotatable bonds is 7. The quantitative estimate of drug-likeness (QED) is 0.386. The lowest BCUT2D eigenvalue weighted by molar-refractivity contribution is 0.0994. The number of aromatic nitrogens is 2. The predicted octanol–water partition coefficient (Wildman–Crippen LogP) is 4.50. The number of primary amides is 1. The lowest BCUT2D eigenvalue weighted by atomic mass is 9.94. The Labute approximate surface area is 187 Å². The van der Waals surface area contributed by atoms with Crippen molar-refractivity contribution in [2.24, 2.45) is 5.73 Å². The van der Waals surface area contributed by atoms with Crippen LogP contribution in [0.15, 0.2) is 51.3 Å². The lowest BCUT2D eigenvalue weighted by Gasteiger charge is -2.15. The van der Waals surface area contributed by atoms with Crippen molar-refractivity contribution in [3.05, 3.63) is 58.9 Å². The van der Waals surface area contributed by atoms with Gasteiger partial charge in [0.25, 0.3) is 5.91 Å². The summed E-state index contributed by atoms with van der Waals surface area (Å²) in [7, 11) is 0. The van der Waals surface area contributed by atoms with Crippen LogP contribution in [0, 0.1) is 0 Å². The molecule has 0 bridgehead atoms. The second kappa shape index (κ2) is 9.46. The number of nitrogens with two attached hydrogens (primary N) is 1. The molecule has 1 aromatic carbocycles. The number of hydrogen-bond donors (Lipinski definition) is 4. The molecule has 160 valence electrons. The Balaban J connectivity index is 1.61. The molecule has 0 radical (unpaired) electrons. The van der Waals surface area contributed by atoms with Crippen LogP contribution >= 0.6 is 23.1 Å². The minimum Gasteiger partial charge on any atom is -0.366 e. The number of carbonyl (C=O) groups excluding carboxylic acids is 2. The topological polar surface area (TPSA) is 130 Å². The molecule has 0 atom stereocenters. The van der Waals surface area contributed by atoms with E-state index in [0.29, 0.717) is 21.7 Å². The van der Waals surface area contributed by atoms with Crippen LogP contribution in [0.3, 0.4) is 0 Å². The molecule has 31 heavy (non-hydrogen) atoms. The third kappa shape index (κ3) is 4.87. The number of nitrogens with zero attached hydrogens (tertiary/aromatic N) is 2. The van der Waals surface area contributed by atoms with Crippen LogP contribution in [0.5, 0.6) is 0 Å². The zero-order chi connectivity index (χ0) is 21.8. The first-order chi connectivity index (χ1) is 15.0. The summed E-state index contributed by atoms with van der Waals surface area (Å²) in [5.74, 6) is -0.431. The van der Waals surface area contributed by atoms with Crippen molar-refractivity contribution in [3.63, 3.8) is 0 Å². The third-order valence-electron chi connectivity index (χ3n) is 5.21. The van der Waals surface area contributed by atoms with Gasteiger partial charge in [-0.15, -0.1) is 11.3 Å². The molecule has 1 fully saturated rings. The highest BCUT2D eigenvalue weighted by molar-refractivity contribution is 8.01. The van der Waals surface area contributed by atoms with Crippen molar-refractivity contribution in [2.45, 2.75) is 40.7 Å². The second-order valence-electron chi connectivity index (χ2n) is 7.20. The average molecular weight is 456 g/mol. The molecule has 2 aromatic heterocycles. The van der Waals surface area contributed by atoms with Gasteiger partial charge in [-0.3, -0.25) is 25.3 Å². The Morgan fingerprint density at radius 2 is 1.97 bits per heavy atom. The Morgan fingerprint density at radius 1 is 1.16 bits per heavy atom. The number of nitrogens with one attached hydrogen (secondary N) is 2. The fourth-order valence-corrected chi connectivity index (χ4v) is 5.39. The molecule has 2 amide bonds. The van der Waals surface area contributed by atoms with Crippen molar-refractivity contribution in [2.75, 3.05) is 10.8 Å². The molecule has 1 aliphatic rings. The molecule has 1 aliphatic carbocycles. The van der Waals surface area contributed by atoms with Crippen LogP contribution in [-0.4, -0.2) is 27.0 Å². The van der Waals surface area contributed by atoms with Crippen molar-refractivity contribution in [3.8, 4) is 0 Å². The molecule has 0 unspecified atom stereocenters. The second-order valence-corrected chi connectivity index (χ2v) is 9.43. The number of benzene rings is 1. The first-order valence-electron chi connectivity index (χ1n) is 9.76. The van der Waals surface area contributed by atoms with Gasteiger partial charge in [-0.1, -0.05) is 24.6 Å². The Morgan fingerprint density at radius 3 is 2.65 bits per heavy atom. The lowest BCUT2D eigenvalue weighted by Crippen LogP contribution is -2.18. The summed E-state index contributed by atoms with van der Waals surface area (Å²) < 4.78 is 0.925. The van der Waals surface area contributed by atoms with Crippen LogP contribution in [0.25, 0.3) is 0 Å². The van der Waals surface area contributed by atoms with E-state index < -0.39 is 11.8 Å². The van der Waals surface area contributed by atoms with E-state index in [1.54, 1.807) is 36.1 Å². The molecule has 4 rings (SSSR count). The monoisotopic (exact) mass is 455 g/mol. The van der Waals surface area contributed by atoms with Gasteiger partial charge in [-0.25, -0.2) is 4.98 Å². The van der Waals surface area contributed by atoms with Gasteiger partial charge in [0, 0.05) is 16.7 Å². The van der Waals surface area contributed by atoms with Crippen molar-refractivity contribution in [1.82, 2.24) is 9.97 Å². The van der Waals surface area contributed by atoms with Crippen molar-refractivity contribution in [1.29, 1.82) is 0 Å². The molecular formula is C21H21N5O3S2. The summed E-state index contributed by atoms with van der Waals surface area (Å²) in [5.41, 5.74) is 11.3. The highest BCUT2D eigenvalue weighted by atomic mass is 32.2. The molecule has 1 saturated carbocycles.